The number of nitrogens with zero attached hydrogens (tertiary/aromatic N) is 1. The fraction of sp³-hybridized carbons (Fsp3) is 0.889. The molecule has 1 unspecified atom stereocenters. The highest BCUT2D eigenvalue weighted by Crippen LogP contribution is 2.07. The summed E-state index contributed by atoms with van der Waals surface area (Å²) in [6.45, 7) is 5.29. The largest absolute Gasteiger partial charge is 0.481 e. The first kappa shape index (κ1) is 10.5. The normalized spacial score (nSPS) is 22.2. The van der Waals surface area contributed by atoms with Crippen molar-refractivity contribution in [2.75, 3.05) is 26.3 Å². The molecule has 1 atom stereocenters. The van der Waals surface area contributed by atoms with Gasteiger partial charge in [0, 0.05) is 25.7 Å². The van der Waals surface area contributed by atoms with Gasteiger partial charge in [-0.1, -0.05) is 0 Å². The third-order valence-corrected chi connectivity index (χ3v) is 2.35. The van der Waals surface area contributed by atoms with Crippen LogP contribution in [0.4, 0.5) is 0 Å². The molecule has 1 heterocycles. The lowest BCUT2D eigenvalue weighted by molar-refractivity contribution is -0.138. The highest BCUT2D eigenvalue weighted by Gasteiger charge is 2.17. The first-order chi connectivity index (χ1) is 6.20. The maximum Gasteiger partial charge on any atom is 0.304 e. The molecule has 1 saturated heterocycles. The number of carboxylic acid groups (broad SMARTS) is 1. The minimum atomic E-state index is -0.724. The highest BCUT2D eigenvalue weighted by molar-refractivity contribution is 5.67. The van der Waals surface area contributed by atoms with E-state index in [1.165, 1.54) is 0 Å². The van der Waals surface area contributed by atoms with Gasteiger partial charge in [0.15, 0.2) is 0 Å². The Bertz CT molecular complexity index is 164. The quantitative estimate of drug-likeness (QED) is 0.702. The molecular formula is C9H17NO3. The van der Waals surface area contributed by atoms with E-state index in [9.17, 15) is 4.79 Å². The zero-order valence-electron chi connectivity index (χ0n) is 8.03. The van der Waals surface area contributed by atoms with Crippen LogP contribution < -0.4 is 0 Å². The second kappa shape index (κ2) is 5.19. The molecule has 0 radical (unpaired) electrons. The predicted octanol–water partition coefficient (Wildman–Crippen LogP) is 0.572. The zero-order chi connectivity index (χ0) is 9.68. The smallest absolute Gasteiger partial charge is 0.304 e. The number of hydrogen-bond donors (Lipinski definition) is 1. The molecule has 0 spiro atoms. The molecule has 76 valence electrons. The van der Waals surface area contributed by atoms with E-state index in [0.29, 0.717) is 0 Å². The topological polar surface area (TPSA) is 49.8 Å². The van der Waals surface area contributed by atoms with Gasteiger partial charge in [-0.25, -0.2) is 0 Å². The van der Waals surface area contributed by atoms with Crippen molar-refractivity contribution in [3.8, 4) is 0 Å². The van der Waals surface area contributed by atoms with Gasteiger partial charge in [-0.15, -0.1) is 0 Å². The number of carbonyl (C=O) groups is 1. The number of rotatable bonds is 3. The molecular weight excluding hydrogens is 170 g/mol. The van der Waals surface area contributed by atoms with E-state index in [2.05, 4.69) is 4.90 Å². The van der Waals surface area contributed by atoms with Crippen LogP contribution in [0, 0.1) is 0 Å². The predicted molar refractivity (Wildman–Crippen MR) is 48.7 cm³/mol. The Kier molecular flexibility index (Phi) is 4.18. The van der Waals surface area contributed by atoms with E-state index >= 15 is 0 Å². The molecule has 1 N–H and O–H groups in total. The summed E-state index contributed by atoms with van der Waals surface area (Å²) in [4.78, 5) is 12.7. The number of ether oxygens (including phenoxy) is 1. The van der Waals surface area contributed by atoms with Crippen LogP contribution in [-0.2, 0) is 9.53 Å². The second-order valence-electron chi connectivity index (χ2n) is 3.45. The summed E-state index contributed by atoms with van der Waals surface area (Å²) in [7, 11) is 0. The summed E-state index contributed by atoms with van der Waals surface area (Å²) >= 11 is 0. The molecule has 0 bridgehead atoms. The van der Waals surface area contributed by atoms with Crippen LogP contribution in [0.25, 0.3) is 0 Å². The monoisotopic (exact) mass is 187 g/mol. The lowest BCUT2D eigenvalue weighted by atomic mass is 10.2. The molecule has 0 aliphatic carbocycles. The van der Waals surface area contributed by atoms with Gasteiger partial charge in [0.2, 0.25) is 0 Å². The van der Waals surface area contributed by atoms with Gasteiger partial charge in [0.25, 0.3) is 0 Å². The first-order valence-electron chi connectivity index (χ1n) is 4.73. The molecule has 1 aliphatic heterocycles. The molecule has 0 saturated carbocycles. The number of hydrogen-bond acceptors (Lipinski definition) is 3. The van der Waals surface area contributed by atoms with E-state index < -0.39 is 5.97 Å². The van der Waals surface area contributed by atoms with Crippen LogP contribution in [0.1, 0.15) is 19.8 Å². The van der Waals surface area contributed by atoms with Gasteiger partial charge >= 0.3 is 5.97 Å². The van der Waals surface area contributed by atoms with Crippen molar-refractivity contribution in [1.29, 1.82) is 0 Å². The van der Waals surface area contributed by atoms with Crippen molar-refractivity contribution in [3.63, 3.8) is 0 Å². The van der Waals surface area contributed by atoms with Crippen LogP contribution >= 0.6 is 0 Å². The average Bonchev–Trinajstić information content (AvgIpc) is 2.29. The van der Waals surface area contributed by atoms with Crippen LogP contribution in [0.5, 0.6) is 0 Å². The third kappa shape index (κ3) is 3.74. The van der Waals surface area contributed by atoms with E-state index in [4.69, 9.17) is 9.84 Å². The van der Waals surface area contributed by atoms with E-state index in [-0.39, 0.29) is 12.5 Å². The number of carboxylic acids is 1. The summed E-state index contributed by atoms with van der Waals surface area (Å²) in [6.07, 6.45) is 1.23. The Hall–Kier alpha value is -0.610. The van der Waals surface area contributed by atoms with Crippen LogP contribution in [0.15, 0.2) is 0 Å². The van der Waals surface area contributed by atoms with Crippen molar-refractivity contribution in [3.05, 3.63) is 0 Å². The van der Waals surface area contributed by atoms with Gasteiger partial charge in [-0.2, -0.15) is 0 Å². The molecule has 0 aromatic heterocycles. The van der Waals surface area contributed by atoms with E-state index in [1.807, 2.05) is 6.92 Å². The maximum atomic E-state index is 10.5. The van der Waals surface area contributed by atoms with Crippen molar-refractivity contribution >= 4 is 5.97 Å². The first-order valence-corrected chi connectivity index (χ1v) is 4.73. The second-order valence-corrected chi connectivity index (χ2v) is 3.45. The third-order valence-electron chi connectivity index (χ3n) is 2.35. The van der Waals surface area contributed by atoms with Crippen molar-refractivity contribution in [2.45, 2.75) is 25.8 Å². The van der Waals surface area contributed by atoms with E-state index in [1.54, 1.807) is 0 Å². The molecule has 4 heteroatoms. The highest BCUT2D eigenvalue weighted by atomic mass is 16.5. The number of aliphatic carboxylic acids is 1. The lowest BCUT2D eigenvalue weighted by Gasteiger charge is -2.25. The van der Waals surface area contributed by atoms with Crippen molar-refractivity contribution in [2.24, 2.45) is 0 Å². The molecule has 4 nitrogen and oxygen atoms in total. The summed E-state index contributed by atoms with van der Waals surface area (Å²) < 4.78 is 5.29. The molecule has 1 aliphatic rings. The molecule has 13 heavy (non-hydrogen) atoms. The van der Waals surface area contributed by atoms with Crippen LogP contribution in [0.3, 0.4) is 0 Å². The Balaban J connectivity index is 2.34. The van der Waals surface area contributed by atoms with Crippen molar-refractivity contribution in [1.82, 2.24) is 4.90 Å². The summed E-state index contributed by atoms with van der Waals surface area (Å²) in [6, 6.07) is 0.124. The standard InChI is InChI=1S/C9H17NO3/c1-8(7-9(11)12)10-3-2-5-13-6-4-10/h8H,2-7H2,1H3,(H,11,12). The van der Waals surface area contributed by atoms with Crippen LogP contribution in [0.2, 0.25) is 0 Å². The Morgan fingerprint density at radius 2 is 2.31 bits per heavy atom. The Labute approximate surface area is 78.5 Å². The minimum absolute atomic E-state index is 0.124. The summed E-state index contributed by atoms with van der Waals surface area (Å²) in [5.41, 5.74) is 0. The SMILES string of the molecule is CC(CC(=O)O)N1CCCOCC1. The van der Waals surface area contributed by atoms with Gasteiger partial charge in [-0.05, 0) is 13.3 Å². The minimum Gasteiger partial charge on any atom is -0.481 e. The fourth-order valence-corrected chi connectivity index (χ4v) is 1.59. The van der Waals surface area contributed by atoms with E-state index in [0.717, 1.165) is 32.7 Å². The van der Waals surface area contributed by atoms with Crippen LogP contribution in [-0.4, -0.2) is 48.3 Å². The molecule has 1 fully saturated rings. The summed E-state index contributed by atoms with van der Waals surface area (Å²) in [5, 5.41) is 8.63. The Morgan fingerprint density at radius 1 is 1.54 bits per heavy atom. The lowest BCUT2D eigenvalue weighted by Crippen LogP contribution is -2.36. The van der Waals surface area contributed by atoms with Gasteiger partial charge < -0.3 is 9.84 Å². The summed E-state index contributed by atoms with van der Waals surface area (Å²) in [5.74, 6) is -0.724. The molecule has 0 amide bonds. The molecule has 0 aromatic carbocycles. The van der Waals surface area contributed by atoms with Gasteiger partial charge in [0.05, 0.1) is 13.0 Å². The van der Waals surface area contributed by atoms with Gasteiger partial charge in [-0.3, -0.25) is 9.69 Å². The van der Waals surface area contributed by atoms with Gasteiger partial charge in [0.1, 0.15) is 0 Å². The maximum absolute atomic E-state index is 10.5. The molecule has 1 rings (SSSR count). The zero-order valence-corrected chi connectivity index (χ0v) is 8.03. The fourth-order valence-electron chi connectivity index (χ4n) is 1.59. The molecule has 0 aromatic rings. The average molecular weight is 187 g/mol. The van der Waals surface area contributed by atoms with Crippen molar-refractivity contribution < 1.29 is 14.6 Å². The Morgan fingerprint density at radius 3 is 3.00 bits per heavy atom.